The molecule has 0 radical (unpaired) electrons. The molecule has 5 rings (SSSR count). The van der Waals surface area contributed by atoms with E-state index in [9.17, 15) is 0 Å². The van der Waals surface area contributed by atoms with Gasteiger partial charge in [0.2, 0.25) is 5.89 Å². The predicted octanol–water partition coefficient (Wildman–Crippen LogP) is 5.84. The molecule has 0 saturated heterocycles. The third-order valence-corrected chi connectivity index (χ3v) is 5.89. The molecular weight excluding hydrogens is 408 g/mol. The van der Waals surface area contributed by atoms with Gasteiger partial charge in [0, 0.05) is 11.1 Å². The number of hydrogen-bond acceptors (Lipinski definition) is 6. The van der Waals surface area contributed by atoms with Crippen molar-refractivity contribution >= 4 is 11.8 Å². The second kappa shape index (κ2) is 8.65. The highest BCUT2D eigenvalue weighted by Crippen LogP contribution is 2.30. The van der Waals surface area contributed by atoms with Gasteiger partial charge in [-0.15, -0.1) is 10.2 Å². The Bertz CT molecular complexity index is 1280. The monoisotopic (exact) mass is 428 g/mol. The Labute approximate surface area is 184 Å². The maximum absolute atomic E-state index is 5.94. The van der Waals surface area contributed by atoms with Crippen LogP contribution >= 0.6 is 11.8 Å². The molecule has 0 aliphatic rings. The van der Waals surface area contributed by atoms with Crippen molar-refractivity contribution in [3.05, 3.63) is 96.4 Å². The summed E-state index contributed by atoms with van der Waals surface area (Å²) in [5.41, 5.74) is 3.21. The molecule has 0 spiro atoms. The van der Waals surface area contributed by atoms with Crippen LogP contribution in [0, 0.1) is 6.92 Å². The maximum Gasteiger partial charge on any atom is 0.205 e. The molecule has 0 aliphatic carbocycles. The molecule has 3 heterocycles. The Morgan fingerprint density at radius 1 is 0.935 bits per heavy atom. The van der Waals surface area contributed by atoms with Gasteiger partial charge in [0.1, 0.15) is 5.76 Å². The minimum absolute atomic E-state index is 0.548. The summed E-state index contributed by atoms with van der Waals surface area (Å²) in [4.78, 5) is 4.43. The van der Waals surface area contributed by atoms with Crippen LogP contribution in [-0.4, -0.2) is 19.7 Å². The van der Waals surface area contributed by atoms with E-state index in [-0.39, 0.29) is 0 Å². The molecule has 0 aliphatic heterocycles. The number of hydrogen-bond donors (Lipinski definition) is 0. The van der Waals surface area contributed by atoms with Gasteiger partial charge in [-0.05, 0) is 24.6 Å². The first-order chi connectivity index (χ1) is 15.3. The molecule has 0 unspecified atom stereocenters. The average Bonchev–Trinajstić information content (AvgIpc) is 3.56. The van der Waals surface area contributed by atoms with E-state index in [4.69, 9.17) is 8.83 Å². The van der Waals surface area contributed by atoms with Gasteiger partial charge >= 0.3 is 0 Å². The van der Waals surface area contributed by atoms with Gasteiger partial charge in [0.25, 0.3) is 0 Å². The number of aromatic nitrogens is 4. The zero-order chi connectivity index (χ0) is 21.0. The molecule has 2 aromatic carbocycles. The molecule has 5 aromatic rings. The third kappa shape index (κ3) is 4.18. The summed E-state index contributed by atoms with van der Waals surface area (Å²) in [5.74, 6) is 3.62. The van der Waals surface area contributed by atoms with Crippen molar-refractivity contribution in [3.63, 3.8) is 0 Å². The number of oxazole rings is 1. The number of thioether (sulfide) groups is 1. The Morgan fingerprint density at radius 3 is 2.58 bits per heavy atom. The van der Waals surface area contributed by atoms with Gasteiger partial charge in [0.15, 0.2) is 16.7 Å². The summed E-state index contributed by atoms with van der Waals surface area (Å²) >= 11 is 1.54. The standard InChI is InChI=1S/C24H20N4O2S/c1-17-8-5-6-12-20(17)23-26-27-24(28(23)15-19-11-7-13-29-19)31-16-22-25-14-21(30-22)18-9-3-2-4-10-18/h2-14H,15-16H2,1H3. The SMILES string of the molecule is Cc1ccccc1-c1nnc(SCc2ncc(-c3ccccc3)o2)n1Cc1ccco1. The first kappa shape index (κ1) is 19.4. The number of benzene rings is 2. The lowest BCUT2D eigenvalue weighted by Crippen LogP contribution is -2.04. The van der Waals surface area contributed by atoms with E-state index in [2.05, 4.69) is 38.8 Å². The normalized spacial score (nSPS) is 11.1. The molecular formula is C24H20N4O2S. The fourth-order valence-corrected chi connectivity index (χ4v) is 4.15. The van der Waals surface area contributed by atoms with Crippen molar-refractivity contribution in [1.82, 2.24) is 19.7 Å². The molecule has 0 bridgehead atoms. The lowest BCUT2D eigenvalue weighted by molar-refractivity contribution is 0.485. The maximum atomic E-state index is 5.94. The summed E-state index contributed by atoms with van der Waals surface area (Å²) in [6.07, 6.45) is 3.44. The van der Waals surface area contributed by atoms with Crippen molar-refractivity contribution < 1.29 is 8.83 Å². The Kier molecular flexibility index (Phi) is 5.41. The van der Waals surface area contributed by atoms with Crippen LogP contribution in [-0.2, 0) is 12.3 Å². The fraction of sp³-hybridized carbons (Fsp3) is 0.125. The molecule has 154 valence electrons. The van der Waals surface area contributed by atoms with Gasteiger partial charge in [-0.3, -0.25) is 4.57 Å². The van der Waals surface area contributed by atoms with Crippen LogP contribution in [0.4, 0.5) is 0 Å². The smallest absolute Gasteiger partial charge is 0.205 e. The Balaban J connectivity index is 1.41. The lowest BCUT2D eigenvalue weighted by atomic mass is 10.1. The molecule has 0 saturated carbocycles. The molecule has 0 amide bonds. The number of furan rings is 1. The summed E-state index contributed by atoms with van der Waals surface area (Å²) in [7, 11) is 0. The third-order valence-electron chi connectivity index (χ3n) is 4.93. The van der Waals surface area contributed by atoms with Crippen LogP contribution in [0.3, 0.4) is 0 Å². The number of rotatable bonds is 7. The van der Waals surface area contributed by atoms with Crippen LogP contribution in [0.25, 0.3) is 22.7 Å². The summed E-state index contributed by atoms with van der Waals surface area (Å²) in [5, 5.41) is 9.74. The van der Waals surface area contributed by atoms with Gasteiger partial charge in [-0.1, -0.05) is 66.4 Å². The number of aryl methyl sites for hydroxylation is 1. The molecule has 3 aromatic heterocycles. The summed E-state index contributed by atoms with van der Waals surface area (Å²) in [6.45, 7) is 2.62. The van der Waals surface area contributed by atoms with Gasteiger partial charge in [0.05, 0.1) is 24.8 Å². The first-order valence-electron chi connectivity index (χ1n) is 9.92. The van der Waals surface area contributed by atoms with Crippen LogP contribution in [0.2, 0.25) is 0 Å². The van der Waals surface area contributed by atoms with Crippen molar-refractivity contribution in [3.8, 4) is 22.7 Å². The van der Waals surface area contributed by atoms with Crippen molar-refractivity contribution in [2.45, 2.75) is 24.4 Å². The van der Waals surface area contributed by atoms with E-state index in [0.717, 1.165) is 39.2 Å². The van der Waals surface area contributed by atoms with E-state index < -0.39 is 0 Å². The minimum Gasteiger partial charge on any atom is -0.467 e. The van der Waals surface area contributed by atoms with Crippen LogP contribution in [0.5, 0.6) is 0 Å². The van der Waals surface area contributed by atoms with Gasteiger partial charge < -0.3 is 8.83 Å². The minimum atomic E-state index is 0.548. The van der Waals surface area contributed by atoms with Gasteiger partial charge in [-0.25, -0.2) is 4.98 Å². The van der Waals surface area contributed by atoms with Crippen molar-refractivity contribution in [2.75, 3.05) is 0 Å². The molecule has 0 fully saturated rings. The van der Waals surface area contributed by atoms with Crippen molar-refractivity contribution in [2.24, 2.45) is 0 Å². The fourth-order valence-electron chi connectivity index (χ4n) is 3.36. The molecule has 0 N–H and O–H groups in total. The molecule has 7 heteroatoms. The van der Waals surface area contributed by atoms with E-state index in [1.807, 2.05) is 54.6 Å². The molecule has 0 atom stereocenters. The van der Waals surface area contributed by atoms with Gasteiger partial charge in [-0.2, -0.15) is 0 Å². The van der Waals surface area contributed by atoms with E-state index in [1.165, 1.54) is 0 Å². The summed E-state index contributed by atoms with van der Waals surface area (Å²) < 4.78 is 13.6. The first-order valence-corrected chi connectivity index (χ1v) is 10.9. The highest BCUT2D eigenvalue weighted by atomic mass is 32.2. The zero-order valence-electron chi connectivity index (χ0n) is 16.9. The predicted molar refractivity (Wildman–Crippen MR) is 120 cm³/mol. The van der Waals surface area contributed by atoms with Crippen molar-refractivity contribution in [1.29, 1.82) is 0 Å². The van der Waals surface area contributed by atoms with E-state index in [0.29, 0.717) is 18.2 Å². The second-order valence-corrected chi connectivity index (χ2v) is 8.00. The van der Waals surface area contributed by atoms with E-state index >= 15 is 0 Å². The van der Waals surface area contributed by atoms with Crippen LogP contribution < -0.4 is 0 Å². The highest BCUT2D eigenvalue weighted by molar-refractivity contribution is 7.98. The Hall–Kier alpha value is -3.58. The Morgan fingerprint density at radius 2 is 1.77 bits per heavy atom. The zero-order valence-corrected chi connectivity index (χ0v) is 17.7. The molecule has 6 nitrogen and oxygen atoms in total. The quantitative estimate of drug-likeness (QED) is 0.303. The lowest BCUT2D eigenvalue weighted by Gasteiger charge is -2.10. The topological polar surface area (TPSA) is 69.9 Å². The summed E-state index contributed by atoms with van der Waals surface area (Å²) in [6, 6.07) is 22.0. The largest absolute Gasteiger partial charge is 0.467 e. The van der Waals surface area contributed by atoms with Crippen LogP contribution in [0.15, 0.2) is 93.2 Å². The van der Waals surface area contributed by atoms with Crippen LogP contribution in [0.1, 0.15) is 17.2 Å². The molecule has 31 heavy (non-hydrogen) atoms. The highest BCUT2D eigenvalue weighted by Gasteiger charge is 2.18. The van der Waals surface area contributed by atoms with E-state index in [1.54, 1.807) is 24.2 Å². The average molecular weight is 429 g/mol. The number of nitrogens with zero attached hydrogens (tertiary/aromatic N) is 4. The second-order valence-electron chi connectivity index (χ2n) is 7.06.